The lowest BCUT2D eigenvalue weighted by molar-refractivity contribution is -0.139. The standard InChI is InChI=1S/C42H54FN5O6S/c1-27-19-29(43)21-30(20-27)44-33-15-10-8-6-7-9-13-28-23-42(28,38(51)46-55(52,53)41(5)17-18-41)24-36(49)35-22-31(25-47(35)37(33)50)54-39-45-32-14-11-12-16-34(32)48(39)26-40(2,3)4/h9,11-14,16,19-21,28,31,33,35,44H,6-8,10,15,17-18,22-26H2,1-5H3,(H,46,51)/b13-9-/t28-,31-,33+,35+,42-/m1/s1. The minimum Gasteiger partial charge on any atom is -0.459 e. The van der Waals surface area contributed by atoms with Crippen molar-refractivity contribution in [2.45, 2.75) is 128 Å². The number of allylic oxidation sites excluding steroid dienone is 2. The van der Waals surface area contributed by atoms with Gasteiger partial charge in [-0.3, -0.25) is 23.7 Å². The maximum absolute atomic E-state index is 14.8. The second-order valence-electron chi connectivity index (χ2n) is 17.8. The molecule has 4 aliphatic rings. The highest BCUT2D eigenvalue weighted by molar-refractivity contribution is 7.91. The average molecular weight is 776 g/mol. The van der Waals surface area contributed by atoms with Gasteiger partial charge in [-0.15, -0.1) is 0 Å². The Morgan fingerprint density at radius 1 is 1.09 bits per heavy atom. The van der Waals surface area contributed by atoms with Gasteiger partial charge in [0.05, 0.1) is 33.8 Å². The number of Topliss-reactive ketones (excluding diaryl/α,β-unsaturated/α-hetero) is 1. The van der Waals surface area contributed by atoms with Crippen LogP contribution in [0.1, 0.15) is 97.5 Å². The van der Waals surface area contributed by atoms with E-state index in [0.717, 1.165) is 36.7 Å². The largest absolute Gasteiger partial charge is 0.459 e. The molecule has 0 spiro atoms. The molecule has 1 aromatic heterocycles. The summed E-state index contributed by atoms with van der Waals surface area (Å²) in [6.45, 7) is 10.5. The number of hydrogen-bond donors (Lipinski definition) is 2. The van der Waals surface area contributed by atoms with E-state index in [1.807, 2.05) is 41.0 Å². The van der Waals surface area contributed by atoms with Gasteiger partial charge in [0.25, 0.3) is 6.01 Å². The lowest BCUT2D eigenvalue weighted by Gasteiger charge is -2.30. The molecule has 296 valence electrons. The summed E-state index contributed by atoms with van der Waals surface area (Å²) in [5.74, 6) is -2.01. The van der Waals surface area contributed by atoms with Crippen LogP contribution in [-0.4, -0.2) is 69.9 Å². The number of para-hydroxylation sites is 2. The SMILES string of the molecule is Cc1cc(F)cc(N[C@H]2CCCCC/C=C\[C@@H]3C[C@@]3(C(=O)NS(=O)(=O)C3(C)CC3)CC(=O)[C@@H]3C[C@@H](Oc4nc5ccccc5n4CC(C)(C)C)CN3C2=O)c1. The van der Waals surface area contributed by atoms with Crippen molar-refractivity contribution in [2.24, 2.45) is 16.7 Å². The molecule has 2 amide bonds. The Balaban J connectivity index is 1.22. The molecular weight excluding hydrogens is 722 g/mol. The van der Waals surface area contributed by atoms with Gasteiger partial charge in [-0.25, -0.2) is 12.8 Å². The van der Waals surface area contributed by atoms with Gasteiger partial charge in [0, 0.05) is 25.1 Å². The first-order chi connectivity index (χ1) is 26.0. The Bertz CT molecular complexity index is 2100. The lowest BCUT2D eigenvalue weighted by atomic mass is 9.91. The summed E-state index contributed by atoms with van der Waals surface area (Å²) in [6, 6.07) is 11.1. The normalized spacial score (nSPS) is 27.7. The molecule has 11 nitrogen and oxygen atoms in total. The van der Waals surface area contributed by atoms with Gasteiger partial charge in [0.2, 0.25) is 21.8 Å². The molecule has 3 aromatic rings. The zero-order valence-corrected chi connectivity index (χ0v) is 33.4. The van der Waals surface area contributed by atoms with Gasteiger partial charge in [0.1, 0.15) is 18.0 Å². The highest BCUT2D eigenvalue weighted by Crippen LogP contribution is 2.57. The molecule has 13 heteroatoms. The molecule has 2 saturated carbocycles. The van der Waals surface area contributed by atoms with Crippen molar-refractivity contribution in [2.75, 3.05) is 11.9 Å². The van der Waals surface area contributed by atoms with Crippen molar-refractivity contribution in [3.63, 3.8) is 0 Å². The van der Waals surface area contributed by atoms with Crippen LogP contribution in [0.15, 0.2) is 54.6 Å². The summed E-state index contributed by atoms with van der Waals surface area (Å²) in [5, 5.41) is 3.29. The average Bonchev–Trinajstić information content (AvgIpc) is 3.94. The van der Waals surface area contributed by atoms with Gasteiger partial charge < -0.3 is 15.0 Å². The van der Waals surface area contributed by atoms with Crippen LogP contribution in [0.5, 0.6) is 6.01 Å². The van der Waals surface area contributed by atoms with E-state index in [9.17, 15) is 27.2 Å². The number of anilines is 1. The number of imidazole rings is 1. The summed E-state index contributed by atoms with van der Waals surface area (Å²) in [4.78, 5) is 49.8. The van der Waals surface area contributed by atoms with Gasteiger partial charge in [-0.05, 0) is 99.6 Å². The first-order valence-electron chi connectivity index (χ1n) is 19.7. The van der Waals surface area contributed by atoms with Crippen LogP contribution in [0.3, 0.4) is 0 Å². The van der Waals surface area contributed by atoms with Crippen molar-refractivity contribution in [1.82, 2.24) is 19.2 Å². The third-order valence-electron chi connectivity index (χ3n) is 11.8. The number of amides is 2. The third kappa shape index (κ3) is 8.32. The first-order valence-corrected chi connectivity index (χ1v) is 21.2. The molecule has 3 heterocycles. The van der Waals surface area contributed by atoms with Gasteiger partial charge in [-0.1, -0.05) is 57.9 Å². The number of carbonyl (C=O) groups excluding carboxylic acids is 3. The zero-order chi connectivity index (χ0) is 39.3. The van der Waals surface area contributed by atoms with E-state index < -0.39 is 50.1 Å². The fourth-order valence-electron chi connectivity index (χ4n) is 8.23. The van der Waals surface area contributed by atoms with E-state index in [1.54, 1.807) is 24.8 Å². The number of halogens is 1. The maximum atomic E-state index is 14.8. The summed E-state index contributed by atoms with van der Waals surface area (Å²) < 4.78 is 51.0. The number of hydrogen-bond acceptors (Lipinski definition) is 8. The Morgan fingerprint density at radius 2 is 1.85 bits per heavy atom. The lowest BCUT2D eigenvalue weighted by Crippen LogP contribution is -2.49. The molecule has 0 unspecified atom stereocenters. The number of sulfonamides is 1. The zero-order valence-electron chi connectivity index (χ0n) is 32.6. The van der Waals surface area contributed by atoms with E-state index in [4.69, 9.17) is 9.72 Å². The molecule has 1 saturated heterocycles. The smallest absolute Gasteiger partial charge is 0.297 e. The molecule has 7 rings (SSSR count). The predicted octanol–water partition coefficient (Wildman–Crippen LogP) is 6.84. The minimum absolute atomic E-state index is 0.101. The van der Waals surface area contributed by atoms with Crippen molar-refractivity contribution in [3.8, 4) is 6.01 Å². The molecule has 2 aliphatic carbocycles. The molecule has 0 radical (unpaired) electrons. The molecule has 0 bridgehead atoms. The number of ketones is 1. The fourth-order valence-corrected chi connectivity index (χ4v) is 9.56. The number of ether oxygens (including phenoxy) is 1. The summed E-state index contributed by atoms with van der Waals surface area (Å²) in [5.41, 5.74) is 1.52. The van der Waals surface area contributed by atoms with Crippen LogP contribution in [-0.2, 0) is 31.0 Å². The Hall–Kier alpha value is -4.26. The fraction of sp³-hybridized carbons (Fsp3) is 0.571. The molecule has 2 N–H and O–H groups in total. The van der Waals surface area contributed by atoms with Gasteiger partial charge in [-0.2, -0.15) is 4.98 Å². The molecular formula is C42H54FN5O6S. The van der Waals surface area contributed by atoms with Crippen molar-refractivity contribution in [1.29, 1.82) is 0 Å². The predicted molar refractivity (Wildman–Crippen MR) is 209 cm³/mol. The van der Waals surface area contributed by atoms with E-state index in [0.29, 0.717) is 49.5 Å². The number of nitrogens with zero attached hydrogens (tertiary/aromatic N) is 3. The van der Waals surface area contributed by atoms with Crippen molar-refractivity contribution < 1.29 is 31.9 Å². The molecule has 5 atom stereocenters. The van der Waals surface area contributed by atoms with Crippen molar-refractivity contribution >= 4 is 44.3 Å². The Labute approximate surface area is 323 Å². The second kappa shape index (κ2) is 14.7. The molecule has 2 aromatic carbocycles. The number of aromatic nitrogens is 2. The number of carbonyl (C=O) groups is 3. The van der Waals surface area contributed by atoms with E-state index >= 15 is 0 Å². The first kappa shape index (κ1) is 39.0. The highest BCUT2D eigenvalue weighted by Gasteiger charge is 2.62. The number of rotatable bonds is 8. The van der Waals surface area contributed by atoms with Crippen LogP contribution in [0.2, 0.25) is 0 Å². The second-order valence-corrected chi connectivity index (χ2v) is 20.0. The minimum atomic E-state index is -3.94. The van der Waals surface area contributed by atoms with Gasteiger partial charge in [0.15, 0.2) is 5.78 Å². The number of aryl methyl sites for hydroxylation is 1. The molecule has 55 heavy (non-hydrogen) atoms. The quantitative estimate of drug-likeness (QED) is 0.237. The Morgan fingerprint density at radius 3 is 2.58 bits per heavy atom. The monoisotopic (exact) mass is 775 g/mol. The van der Waals surface area contributed by atoms with Crippen LogP contribution in [0.25, 0.3) is 11.0 Å². The van der Waals surface area contributed by atoms with Crippen LogP contribution in [0.4, 0.5) is 10.1 Å². The summed E-state index contributed by atoms with van der Waals surface area (Å²) >= 11 is 0. The van der Waals surface area contributed by atoms with Gasteiger partial charge >= 0.3 is 0 Å². The van der Waals surface area contributed by atoms with E-state index in [2.05, 4.69) is 30.8 Å². The number of fused-ring (bicyclic) bond motifs is 3. The van der Waals surface area contributed by atoms with Crippen molar-refractivity contribution in [3.05, 3.63) is 66.0 Å². The van der Waals surface area contributed by atoms with Crippen LogP contribution in [0, 0.1) is 29.5 Å². The van der Waals surface area contributed by atoms with E-state index in [1.165, 1.54) is 12.1 Å². The topological polar surface area (TPSA) is 140 Å². The number of nitrogens with one attached hydrogen (secondary N) is 2. The molecule has 2 aliphatic heterocycles. The van der Waals surface area contributed by atoms with E-state index in [-0.39, 0.29) is 42.4 Å². The summed E-state index contributed by atoms with van der Waals surface area (Å²) in [6.07, 6.45) is 8.25. The Kier molecular flexibility index (Phi) is 10.4. The third-order valence-corrected chi connectivity index (χ3v) is 13.9. The highest BCUT2D eigenvalue weighted by atomic mass is 32.2. The number of benzene rings is 2. The molecule has 3 fully saturated rings. The van der Waals surface area contributed by atoms with Crippen LogP contribution < -0.4 is 14.8 Å². The summed E-state index contributed by atoms with van der Waals surface area (Å²) in [7, 11) is -3.94. The maximum Gasteiger partial charge on any atom is 0.297 e. The van der Waals surface area contributed by atoms with Crippen LogP contribution >= 0.6 is 0 Å².